The van der Waals surface area contributed by atoms with Gasteiger partial charge in [0.1, 0.15) is 6.61 Å². The van der Waals surface area contributed by atoms with Crippen molar-refractivity contribution in [2.75, 3.05) is 0 Å². The summed E-state index contributed by atoms with van der Waals surface area (Å²) in [6, 6.07) is 9.59. The number of esters is 1. The number of ether oxygens (including phenoxy) is 1. The van der Waals surface area contributed by atoms with Crippen LogP contribution in [0.4, 0.5) is 0 Å². The summed E-state index contributed by atoms with van der Waals surface area (Å²) in [6.07, 6.45) is 3.11. The average Bonchev–Trinajstić information content (AvgIpc) is 2.17. The van der Waals surface area contributed by atoms with Gasteiger partial charge in [-0.3, -0.25) is 0 Å². The molecule has 1 rings (SSSR count). The van der Waals surface area contributed by atoms with Crippen LogP contribution in [0.15, 0.2) is 36.4 Å². The molecule has 1 radical (unpaired) electrons. The van der Waals surface area contributed by atoms with Gasteiger partial charge in [0.05, 0.1) is 0 Å². The molecule has 0 heterocycles. The van der Waals surface area contributed by atoms with E-state index in [0.717, 1.165) is 5.56 Å². The molecule has 0 N–H and O–H groups in total. The molecule has 0 atom stereocenters. The van der Waals surface area contributed by atoms with Crippen molar-refractivity contribution in [3.05, 3.63) is 48.6 Å². The van der Waals surface area contributed by atoms with E-state index < -0.39 is 0 Å². The van der Waals surface area contributed by atoms with Crippen LogP contribution in [0.1, 0.15) is 12.5 Å². The van der Waals surface area contributed by atoms with Gasteiger partial charge in [-0.2, -0.15) is 0 Å². The lowest BCUT2D eigenvalue weighted by Crippen LogP contribution is -1.94. The molecule has 0 aliphatic rings. The monoisotopic (exact) mass is 175 g/mol. The third-order valence-corrected chi connectivity index (χ3v) is 1.45. The van der Waals surface area contributed by atoms with Crippen LogP contribution in [-0.2, 0) is 9.53 Å². The maximum atomic E-state index is 10.9. The van der Waals surface area contributed by atoms with E-state index in [1.165, 1.54) is 12.7 Å². The first-order valence-electron chi connectivity index (χ1n) is 4.04. The molecule has 0 saturated carbocycles. The molecule has 1 aromatic rings. The highest BCUT2D eigenvalue weighted by Gasteiger charge is 1.92. The van der Waals surface area contributed by atoms with Gasteiger partial charge in [0.2, 0.25) is 0 Å². The molecule has 0 spiro atoms. The average molecular weight is 175 g/mol. The molecule has 0 aromatic heterocycles. The number of hydrogen-bond acceptors (Lipinski definition) is 2. The lowest BCUT2D eigenvalue weighted by molar-refractivity contribution is -0.134. The molecule has 2 heteroatoms. The highest BCUT2D eigenvalue weighted by molar-refractivity contribution is 5.87. The largest absolute Gasteiger partial charge is 0.456 e. The van der Waals surface area contributed by atoms with Crippen molar-refractivity contribution in [2.45, 2.75) is 6.92 Å². The number of hydrogen-bond donors (Lipinski definition) is 0. The first-order chi connectivity index (χ1) is 6.33. The van der Waals surface area contributed by atoms with Gasteiger partial charge in [-0.05, 0) is 18.6 Å². The minimum atomic E-state index is -0.355. The Morgan fingerprint density at radius 1 is 1.31 bits per heavy atom. The normalized spacial score (nSPS) is 10.2. The van der Waals surface area contributed by atoms with Crippen LogP contribution in [-0.4, -0.2) is 5.97 Å². The number of rotatable bonds is 3. The van der Waals surface area contributed by atoms with E-state index in [-0.39, 0.29) is 5.97 Å². The Bertz CT molecular complexity index is 288. The molecule has 0 saturated heterocycles. The summed E-state index contributed by atoms with van der Waals surface area (Å²) in [5.41, 5.74) is 0.982. The Kier molecular flexibility index (Phi) is 3.76. The highest BCUT2D eigenvalue weighted by Crippen LogP contribution is 2.01. The third kappa shape index (κ3) is 3.56. The highest BCUT2D eigenvalue weighted by atomic mass is 16.5. The van der Waals surface area contributed by atoms with Crippen LogP contribution >= 0.6 is 0 Å². The quantitative estimate of drug-likeness (QED) is 0.521. The van der Waals surface area contributed by atoms with Gasteiger partial charge in [-0.25, -0.2) is 4.79 Å². The van der Waals surface area contributed by atoms with Crippen molar-refractivity contribution in [1.82, 2.24) is 0 Å². The smallest absolute Gasteiger partial charge is 0.331 e. The zero-order valence-electron chi connectivity index (χ0n) is 7.44. The number of carbonyl (C=O) groups excluding carboxylic acids is 1. The summed E-state index contributed by atoms with van der Waals surface area (Å²) >= 11 is 0. The maximum absolute atomic E-state index is 10.9. The number of carbonyl (C=O) groups is 1. The number of benzene rings is 1. The Balaban J connectivity index is 2.54. The topological polar surface area (TPSA) is 26.3 Å². The summed E-state index contributed by atoms with van der Waals surface area (Å²) in [4.78, 5) is 10.9. The molecule has 67 valence electrons. The van der Waals surface area contributed by atoms with E-state index in [0.29, 0.717) is 0 Å². The standard InChI is InChI=1S/C11H11O2/c1-2-13-11(12)9-8-10-6-4-3-5-7-10/h2-9H,1H3/b9-8+. The third-order valence-electron chi connectivity index (χ3n) is 1.45. The lowest BCUT2D eigenvalue weighted by Gasteiger charge is -1.93. The zero-order chi connectivity index (χ0) is 9.52. The fraction of sp³-hybridized carbons (Fsp3) is 0.0909. The van der Waals surface area contributed by atoms with E-state index >= 15 is 0 Å². The summed E-state index contributed by atoms with van der Waals surface area (Å²) in [5, 5.41) is 0. The molecule has 13 heavy (non-hydrogen) atoms. The van der Waals surface area contributed by atoms with E-state index in [4.69, 9.17) is 0 Å². The molecule has 0 unspecified atom stereocenters. The Labute approximate surface area is 77.8 Å². The molecular formula is C11H11O2. The van der Waals surface area contributed by atoms with Crippen LogP contribution in [0, 0.1) is 6.61 Å². The first-order valence-corrected chi connectivity index (χ1v) is 4.04. The zero-order valence-corrected chi connectivity index (χ0v) is 7.44. The summed E-state index contributed by atoms with van der Waals surface area (Å²) in [7, 11) is 0. The molecule has 0 amide bonds. The second kappa shape index (κ2) is 5.14. The predicted octanol–water partition coefficient (Wildman–Crippen LogP) is 2.42. The van der Waals surface area contributed by atoms with Crippen molar-refractivity contribution in [1.29, 1.82) is 0 Å². The van der Waals surface area contributed by atoms with Crippen molar-refractivity contribution in [3.63, 3.8) is 0 Å². The summed E-state index contributed by atoms with van der Waals surface area (Å²) in [6.45, 7) is 3.02. The Hall–Kier alpha value is -1.57. The molecule has 0 fully saturated rings. The van der Waals surface area contributed by atoms with Crippen LogP contribution in [0.3, 0.4) is 0 Å². The summed E-state index contributed by atoms with van der Waals surface area (Å²) in [5.74, 6) is -0.355. The summed E-state index contributed by atoms with van der Waals surface area (Å²) < 4.78 is 4.61. The van der Waals surface area contributed by atoms with Gasteiger partial charge >= 0.3 is 5.97 Å². The fourth-order valence-corrected chi connectivity index (χ4v) is 0.884. The van der Waals surface area contributed by atoms with Crippen molar-refractivity contribution < 1.29 is 9.53 Å². The van der Waals surface area contributed by atoms with Gasteiger partial charge in [-0.1, -0.05) is 30.3 Å². The van der Waals surface area contributed by atoms with Gasteiger partial charge in [-0.15, -0.1) is 0 Å². The van der Waals surface area contributed by atoms with E-state index in [1.807, 2.05) is 30.3 Å². The van der Waals surface area contributed by atoms with Gasteiger partial charge in [0, 0.05) is 6.08 Å². The van der Waals surface area contributed by atoms with Crippen molar-refractivity contribution >= 4 is 12.0 Å². The van der Waals surface area contributed by atoms with Crippen molar-refractivity contribution in [2.24, 2.45) is 0 Å². The van der Waals surface area contributed by atoms with Crippen LogP contribution in [0.25, 0.3) is 6.08 Å². The van der Waals surface area contributed by atoms with E-state index in [1.54, 1.807) is 13.0 Å². The molecular weight excluding hydrogens is 164 g/mol. The first kappa shape index (κ1) is 9.52. The Morgan fingerprint density at radius 2 is 2.00 bits per heavy atom. The maximum Gasteiger partial charge on any atom is 0.331 e. The second-order valence-electron chi connectivity index (χ2n) is 2.42. The second-order valence-corrected chi connectivity index (χ2v) is 2.42. The minimum Gasteiger partial charge on any atom is -0.456 e. The van der Waals surface area contributed by atoms with Gasteiger partial charge in [0.15, 0.2) is 0 Å². The molecule has 1 aromatic carbocycles. The predicted molar refractivity (Wildman–Crippen MR) is 51.5 cm³/mol. The fourth-order valence-electron chi connectivity index (χ4n) is 0.884. The minimum absolute atomic E-state index is 0.355. The van der Waals surface area contributed by atoms with E-state index in [2.05, 4.69) is 4.74 Å². The van der Waals surface area contributed by atoms with Gasteiger partial charge in [0.25, 0.3) is 0 Å². The van der Waals surface area contributed by atoms with Crippen molar-refractivity contribution in [3.8, 4) is 0 Å². The van der Waals surface area contributed by atoms with Crippen LogP contribution in [0.2, 0.25) is 0 Å². The van der Waals surface area contributed by atoms with Crippen LogP contribution < -0.4 is 0 Å². The van der Waals surface area contributed by atoms with Gasteiger partial charge < -0.3 is 4.74 Å². The SMILES string of the molecule is C[CH]OC(=O)/C=C/c1ccccc1. The molecule has 0 aliphatic carbocycles. The molecule has 0 bridgehead atoms. The van der Waals surface area contributed by atoms with E-state index in [9.17, 15) is 4.79 Å². The molecule has 2 nitrogen and oxygen atoms in total. The Morgan fingerprint density at radius 3 is 2.62 bits per heavy atom. The lowest BCUT2D eigenvalue weighted by atomic mass is 10.2. The van der Waals surface area contributed by atoms with Crippen LogP contribution in [0.5, 0.6) is 0 Å². The molecule has 0 aliphatic heterocycles.